The third kappa shape index (κ3) is 2.61. The first-order valence-electron chi connectivity index (χ1n) is 6.30. The van der Waals surface area contributed by atoms with Crippen LogP contribution in [0.15, 0.2) is 18.3 Å². The fourth-order valence-corrected chi connectivity index (χ4v) is 2.45. The van der Waals surface area contributed by atoms with Crippen molar-refractivity contribution in [3.05, 3.63) is 24.0 Å². The molecule has 0 bridgehead atoms. The van der Waals surface area contributed by atoms with Gasteiger partial charge in [-0.15, -0.1) is 0 Å². The van der Waals surface area contributed by atoms with Gasteiger partial charge in [-0.05, 0) is 39.1 Å². The minimum atomic E-state index is 0.0394. The van der Waals surface area contributed by atoms with Gasteiger partial charge in [-0.1, -0.05) is 0 Å². The Labute approximate surface area is 108 Å². The first kappa shape index (κ1) is 12.8. The molecule has 0 amide bonds. The largest absolute Gasteiger partial charge is 0.382 e. The summed E-state index contributed by atoms with van der Waals surface area (Å²) < 4.78 is 0. The number of nitrogens with one attached hydrogen (secondary N) is 1. The van der Waals surface area contributed by atoms with E-state index in [-0.39, 0.29) is 5.84 Å². The van der Waals surface area contributed by atoms with Gasteiger partial charge >= 0.3 is 0 Å². The zero-order chi connectivity index (χ0) is 13.1. The Morgan fingerprint density at radius 3 is 3.00 bits per heavy atom. The molecule has 1 saturated heterocycles. The number of amidine groups is 1. The van der Waals surface area contributed by atoms with Crippen molar-refractivity contribution in [2.24, 2.45) is 5.73 Å². The first-order chi connectivity index (χ1) is 8.59. The maximum atomic E-state index is 7.61. The van der Waals surface area contributed by atoms with Crippen LogP contribution in [0.25, 0.3) is 0 Å². The van der Waals surface area contributed by atoms with Crippen LogP contribution in [0, 0.1) is 5.41 Å². The lowest BCUT2D eigenvalue weighted by Gasteiger charge is -2.37. The second-order valence-electron chi connectivity index (χ2n) is 4.99. The van der Waals surface area contributed by atoms with Crippen LogP contribution in [-0.4, -0.2) is 48.9 Å². The number of piperidine rings is 1. The molecular formula is C13H21N5. The molecule has 98 valence electrons. The van der Waals surface area contributed by atoms with E-state index >= 15 is 0 Å². The average Bonchev–Trinajstić information content (AvgIpc) is 2.39. The molecule has 2 heterocycles. The van der Waals surface area contributed by atoms with Gasteiger partial charge in [0.2, 0.25) is 0 Å². The Kier molecular flexibility index (Phi) is 3.81. The van der Waals surface area contributed by atoms with Crippen molar-refractivity contribution in [3.8, 4) is 0 Å². The third-order valence-corrected chi connectivity index (χ3v) is 3.51. The van der Waals surface area contributed by atoms with E-state index in [4.69, 9.17) is 11.1 Å². The lowest BCUT2D eigenvalue weighted by atomic mass is 10.0. The smallest absolute Gasteiger partial charge is 0.143 e. The van der Waals surface area contributed by atoms with Crippen molar-refractivity contribution in [2.45, 2.75) is 18.9 Å². The lowest BCUT2D eigenvalue weighted by molar-refractivity contribution is 0.258. The molecular weight excluding hydrogens is 226 g/mol. The van der Waals surface area contributed by atoms with Crippen molar-refractivity contribution >= 4 is 11.5 Å². The molecule has 1 aliphatic rings. The summed E-state index contributed by atoms with van der Waals surface area (Å²) in [7, 11) is 4.23. The molecule has 1 aromatic rings. The summed E-state index contributed by atoms with van der Waals surface area (Å²) in [5.41, 5.74) is 7.18. The first-order valence-corrected chi connectivity index (χ1v) is 6.30. The summed E-state index contributed by atoms with van der Waals surface area (Å²) in [6, 6.07) is 4.46. The standard InChI is InChI=1S/C13H21N5/c1-17(2)10-5-4-8-18(9-10)11-6-3-7-16-12(11)13(14)15/h3,6-7,10H,4-5,8-9H2,1-2H3,(H3,14,15). The number of rotatable bonds is 3. The van der Waals surface area contributed by atoms with E-state index in [0.29, 0.717) is 11.7 Å². The maximum Gasteiger partial charge on any atom is 0.143 e. The molecule has 0 aromatic carbocycles. The van der Waals surface area contributed by atoms with Crippen molar-refractivity contribution in [2.75, 3.05) is 32.1 Å². The summed E-state index contributed by atoms with van der Waals surface area (Å²) >= 11 is 0. The van der Waals surface area contributed by atoms with E-state index in [0.717, 1.165) is 25.2 Å². The molecule has 0 saturated carbocycles. The summed E-state index contributed by atoms with van der Waals surface area (Å²) in [6.07, 6.45) is 4.07. The van der Waals surface area contributed by atoms with E-state index in [1.54, 1.807) is 6.20 Å². The molecule has 5 heteroatoms. The van der Waals surface area contributed by atoms with Crippen LogP contribution in [0.3, 0.4) is 0 Å². The number of nitrogen functional groups attached to an aromatic ring is 1. The van der Waals surface area contributed by atoms with E-state index in [1.807, 2.05) is 12.1 Å². The highest BCUT2D eigenvalue weighted by Crippen LogP contribution is 2.23. The minimum Gasteiger partial charge on any atom is -0.382 e. The molecule has 1 unspecified atom stereocenters. The number of pyridine rings is 1. The fourth-order valence-electron chi connectivity index (χ4n) is 2.45. The van der Waals surface area contributed by atoms with Crippen molar-refractivity contribution < 1.29 is 0 Å². The number of nitrogens with two attached hydrogens (primary N) is 1. The number of aromatic nitrogens is 1. The fraction of sp³-hybridized carbons (Fsp3) is 0.538. The van der Waals surface area contributed by atoms with Crippen molar-refractivity contribution in [1.29, 1.82) is 5.41 Å². The Bertz CT molecular complexity index is 429. The zero-order valence-corrected chi connectivity index (χ0v) is 11.1. The van der Waals surface area contributed by atoms with Crippen molar-refractivity contribution in [1.82, 2.24) is 9.88 Å². The predicted octanol–water partition coefficient (Wildman–Crippen LogP) is 0.896. The van der Waals surface area contributed by atoms with E-state index in [2.05, 4.69) is 28.9 Å². The van der Waals surface area contributed by atoms with Gasteiger partial charge in [-0.3, -0.25) is 10.4 Å². The molecule has 18 heavy (non-hydrogen) atoms. The molecule has 2 rings (SSSR count). The molecule has 0 radical (unpaired) electrons. The van der Waals surface area contributed by atoms with Crippen LogP contribution in [0.1, 0.15) is 18.5 Å². The van der Waals surface area contributed by atoms with Gasteiger partial charge in [0.15, 0.2) is 0 Å². The summed E-state index contributed by atoms with van der Waals surface area (Å²) in [5.74, 6) is 0.0394. The van der Waals surface area contributed by atoms with Gasteiger partial charge in [0, 0.05) is 25.3 Å². The topological polar surface area (TPSA) is 69.2 Å². The molecule has 1 aromatic heterocycles. The van der Waals surface area contributed by atoms with Crippen LogP contribution in [0.5, 0.6) is 0 Å². The quantitative estimate of drug-likeness (QED) is 0.615. The van der Waals surface area contributed by atoms with Gasteiger partial charge < -0.3 is 15.5 Å². The normalized spacial score (nSPS) is 20.2. The monoisotopic (exact) mass is 247 g/mol. The molecule has 3 N–H and O–H groups in total. The van der Waals surface area contributed by atoms with Crippen LogP contribution in [0.2, 0.25) is 0 Å². The SMILES string of the molecule is CN(C)C1CCCN(c2cccnc2C(=N)N)C1. The summed E-state index contributed by atoms with van der Waals surface area (Å²) in [6.45, 7) is 1.98. The summed E-state index contributed by atoms with van der Waals surface area (Å²) in [4.78, 5) is 8.77. The molecule has 1 fully saturated rings. The number of hydrogen-bond acceptors (Lipinski definition) is 4. The highest BCUT2D eigenvalue weighted by atomic mass is 15.2. The van der Waals surface area contributed by atoms with Gasteiger partial charge in [0.05, 0.1) is 5.69 Å². The van der Waals surface area contributed by atoms with E-state index < -0.39 is 0 Å². The Balaban J connectivity index is 2.23. The van der Waals surface area contributed by atoms with E-state index in [1.165, 1.54) is 6.42 Å². The molecule has 5 nitrogen and oxygen atoms in total. The molecule has 1 aliphatic heterocycles. The average molecular weight is 247 g/mol. The Morgan fingerprint density at radius 2 is 2.33 bits per heavy atom. The Hall–Kier alpha value is -1.62. The van der Waals surface area contributed by atoms with Gasteiger partial charge in [0.25, 0.3) is 0 Å². The van der Waals surface area contributed by atoms with Gasteiger partial charge in [-0.2, -0.15) is 0 Å². The van der Waals surface area contributed by atoms with Crippen LogP contribution >= 0.6 is 0 Å². The third-order valence-electron chi connectivity index (χ3n) is 3.51. The number of hydrogen-bond donors (Lipinski definition) is 2. The highest BCUT2D eigenvalue weighted by molar-refractivity contribution is 5.98. The number of anilines is 1. The number of likely N-dealkylation sites (N-methyl/N-ethyl adjacent to an activating group) is 1. The Morgan fingerprint density at radius 1 is 1.56 bits per heavy atom. The number of nitrogens with zero attached hydrogens (tertiary/aromatic N) is 3. The molecule has 0 spiro atoms. The molecule has 0 aliphatic carbocycles. The summed E-state index contributed by atoms with van der Waals surface area (Å²) in [5, 5.41) is 7.61. The molecule has 1 atom stereocenters. The van der Waals surface area contributed by atoms with Gasteiger partial charge in [0.1, 0.15) is 11.5 Å². The zero-order valence-electron chi connectivity index (χ0n) is 11.1. The van der Waals surface area contributed by atoms with Crippen LogP contribution in [0.4, 0.5) is 5.69 Å². The van der Waals surface area contributed by atoms with Gasteiger partial charge in [-0.25, -0.2) is 0 Å². The van der Waals surface area contributed by atoms with Crippen LogP contribution in [-0.2, 0) is 0 Å². The lowest BCUT2D eigenvalue weighted by Crippen LogP contribution is -2.45. The van der Waals surface area contributed by atoms with E-state index in [9.17, 15) is 0 Å². The van der Waals surface area contributed by atoms with Crippen LogP contribution < -0.4 is 10.6 Å². The maximum absolute atomic E-state index is 7.61. The second kappa shape index (κ2) is 5.35. The second-order valence-corrected chi connectivity index (χ2v) is 4.99. The minimum absolute atomic E-state index is 0.0394. The highest BCUT2D eigenvalue weighted by Gasteiger charge is 2.23. The predicted molar refractivity (Wildman–Crippen MR) is 74.2 cm³/mol. The van der Waals surface area contributed by atoms with Crippen molar-refractivity contribution in [3.63, 3.8) is 0 Å².